The van der Waals surface area contributed by atoms with E-state index in [2.05, 4.69) is 20.6 Å². The van der Waals surface area contributed by atoms with Crippen LogP contribution in [0.1, 0.15) is 16.6 Å². The molecule has 0 bridgehead atoms. The van der Waals surface area contributed by atoms with Crippen molar-refractivity contribution in [3.8, 4) is 11.3 Å². The average Bonchev–Trinajstić information content (AvgIpc) is 2.91. The maximum absolute atomic E-state index is 12.0. The lowest BCUT2D eigenvalue weighted by Gasteiger charge is -2.08. The van der Waals surface area contributed by atoms with Gasteiger partial charge in [0, 0.05) is 24.2 Å². The molecule has 0 aliphatic heterocycles. The molecule has 2 heterocycles. The highest BCUT2D eigenvalue weighted by Crippen LogP contribution is 2.39. The zero-order valence-corrected chi connectivity index (χ0v) is 14.8. The number of rotatable bonds is 4. The Kier molecular flexibility index (Phi) is 4.55. The van der Waals surface area contributed by atoms with Crippen LogP contribution in [0.25, 0.3) is 21.5 Å². The first-order chi connectivity index (χ1) is 11.5. The van der Waals surface area contributed by atoms with Crippen LogP contribution < -0.4 is 16.4 Å². The van der Waals surface area contributed by atoms with E-state index in [0.29, 0.717) is 44.0 Å². The number of anilines is 2. The van der Waals surface area contributed by atoms with Gasteiger partial charge in [-0.25, -0.2) is 9.97 Å². The number of nitrogen functional groups attached to an aromatic ring is 1. The minimum atomic E-state index is -0.234. The molecule has 1 amide bonds. The molecule has 0 unspecified atom stereocenters. The van der Waals surface area contributed by atoms with E-state index in [1.807, 2.05) is 19.1 Å². The number of benzene rings is 1. The topological polar surface area (TPSA) is 92.9 Å². The second kappa shape index (κ2) is 6.62. The van der Waals surface area contributed by atoms with Gasteiger partial charge in [-0.05, 0) is 19.1 Å². The fourth-order valence-electron chi connectivity index (χ4n) is 2.36. The van der Waals surface area contributed by atoms with E-state index in [4.69, 9.17) is 17.3 Å². The highest BCUT2D eigenvalue weighted by atomic mass is 35.5. The van der Waals surface area contributed by atoms with Crippen molar-refractivity contribution >= 4 is 50.7 Å². The van der Waals surface area contributed by atoms with Crippen LogP contribution in [-0.4, -0.2) is 29.5 Å². The molecule has 0 saturated carbocycles. The Morgan fingerprint density at radius 2 is 2.00 bits per heavy atom. The smallest absolute Gasteiger partial charge is 0.263 e. The Balaban J connectivity index is 2.30. The van der Waals surface area contributed by atoms with Gasteiger partial charge in [-0.2, -0.15) is 0 Å². The lowest BCUT2D eigenvalue weighted by atomic mass is 10.1. The highest BCUT2D eigenvalue weighted by molar-refractivity contribution is 7.21. The van der Waals surface area contributed by atoms with Gasteiger partial charge < -0.3 is 16.4 Å². The Labute approximate surface area is 148 Å². The van der Waals surface area contributed by atoms with E-state index in [-0.39, 0.29) is 5.91 Å². The predicted molar refractivity (Wildman–Crippen MR) is 99.8 cm³/mol. The molecule has 0 aliphatic carbocycles. The van der Waals surface area contributed by atoms with Gasteiger partial charge in [0.15, 0.2) is 0 Å². The third-order valence-electron chi connectivity index (χ3n) is 3.47. The first kappa shape index (κ1) is 16.5. The first-order valence-electron chi connectivity index (χ1n) is 7.37. The van der Waals surface area contributed by atoms with Crippen molar-refractivity contribution in [3.05, 3.63) is 34.2 Å². The van der Waals surface area contributed by atoms with Gasteiger partial charge in [-0.15, -0.1) is 11.3 Å². The molecular formula is C16H16ClN5OS. The first-order valence-corrected chi connectivity index (χ1v) is 8.56. The van der Waals surface area contributed by atoms with Gasteiger partial charge in [0.2, 0.25) is 5.95 Å². The number of aromatic nitrogens is 2. The molecule has 3 aromatic rings. The van der Waals surface area contributed by atoms with Gasteiger partial charge in [0.1, 0.15) is 9.71 Å². The third-order valence-corrected chi connectivity index (χ3v) is 4.82. The largest absolute Gasteiger partial charge is 0.397 e. The van der Waals surface area contributed by atoms with Gasteiger partial charge in [0.05, 0.1) is 16.8 Å². The lowest BCUT2D eigenvalue weighted by molar-refractivity contribution is 0.0968. The molecular weight excluding hydrogens is 346 g/mol. The number of amides is 1. The molecule has 4 N–H and O–H groups in total. The zero-order chi connectivity index (χ0) is 17.3. The minimum absolute atomic E-state index is 0.234. The summed E-state index contributed by atoms with van der Waals surface area (Å²) in [4.78, 5) is 22.2. The molecule has 0 aliphatic rings. The number of nitrogens with two attached hydrogens (primary N) is 1. The molecule has 24 heavy (non-hydrogen) atoms. The van der Waals surface area contributed by atoms with Crippen LogP contribution in [0.4, 0.5) is 11.6 Å². The molecule has 0 saturated heterocycles. The summed E-state index contributed by atoms with van der Waals surface area (Å²) >= 11 is 7.23. The number of hydrogen-bond acceptors (Lipinski definition) is 6. The minimum Gasteiger partial charge on any atom is -0.397 e. The Morgan fingerprint density at radius 3 is 2.62 bits per heavy atom. The summed E-state index contributed by atoms with van der Waals surface area (Å²) in [6.45, 7) is 2.66. The van der Waals surface area contributed by atoms with Crippen LogP contribution >= 0.6 is 22.9 Å². The van der Waals surface area contributed by atoms with Crippen LogP contribution in [-0.2, 0) is 0 Å². The fraction of sp³-hybridized carbons (Fsp3) is 0.188. The molecule has 0 radical (unpaired) electrons. The summed E-state index contributed by atoms with van der Waals surface area (Å²) in [7, 11) is 1.57. The summed E-state index contributed by atoms with van der Waals surface area (Å²) in [6, 6.07) is 7.33. The lowest BCUT2D eigenvalue weighted by Crippen LogP contribution is -2.17. The molecule has 3 rings (SSSR count). The van der Waals surface area contributed by atoms with Crippen molar-refractivity contribution in [2.45, 2.75) is 6.92 Å². The van der Waals surface area contributed by atoms with E-state index < -0.39 is 0 Å². The third kappa shape index (κ3) is 2.88. The van der Waals surface area contributed by atoms with Crippen LogP contribution in [0.3, 0.4) is 0 Å². The summed E-state index contributed by atoms with van der Waals surface area (Å²) < 4.78 is 0. The van der Waals surface area contributed by atoms with Crippen LogP contribution in [0, 0.1) is 0 Å². The van der Waals surface area contributed by atoms with E-state index in [1.165, 1.54) is 11.3 Å². The van der Waals surface area contributed by atoms with E-state index in [0.717, 1.165) is 5.56 Å². The highest BCUT2D eigenvalue weighted by Gasteiger charge is 2.21. The van der Waals surface area contributed by atoms with Crippen molar-refractivity contribution in [3.63, 3.8) is 0 Å². The average molecular weight is 362 g/mol. The fourth-order valence-corrected chi connectivity index (χ4v) is 3.52. The number of nitrogens with zero attached hydrogens (tertiary/aromatic N) is 2. The standard InChI is InChI=1S/C16H16ClN5OS/c1-3-20-16-21-12(8-4-6-9(17)7-5-8)10-11(18)13(14(23)19-2)24-15(10)22-16/h4-7H,3,18H2,1-2H3,(H,19,23)(H,20,21,22). The number of carbonyl (C=O) groups is 1. The Morgan fingerprint density at radius 1 is 1.29 bits per heavy atom. The monoisotopic (exact) mass is 361 g/mol. The summed E-state index contributed by atoms with van der Waals surface area (Å²) in [5, 5.41) is 7.03. The maximum Gasteiger partial charge on any atom is 0.263 e. The summed E-state index contributed by atoms with van der Waals surface area (Å²) in [5.41, 5.74) is 8.16. The quantitative estimate of drug-likeness (QED) is 0.662. The van der Waals surface area contributed by atoms with Crippen molar-refractivity contribution in [2.24, 2.45) is 0 Å². The molecule has 124 valence electrons. The van der Waals surface area contributed by atoms with Crippen molar-refractivity contribution in [2.75, 3.05) is 24.6 Å². The molecule has 6 nitrogen and oxygen atoms in total. The van der Waals surface area contributed by atoms with Gasteiger partial charge in [-0.1, -0.05) is 23.7 Å². The number of thiophene rings is 1. The van der Waals surface area contributed by atoms with Crippen molar-refractivity contribution in [1.82, 2.24) is 15.3 Å². The van der Waals surface area contributed by atoms with E-state index in [9.17, 15) is 4.79 Å². The summed E-state index contributed by atoms with van der Waals surface area (Å²) in [6.07, 6.45) is 0. The second-order valence-electron chi connectivity index (χ2n) is 5.04. The van der Waals surface area contributed by atoms with Crippen LogP contribution in [0.5, 0.6) is 0 Å². The van der Waals surface area contributed by atoms with E-state index in [1.54, 1.807) is 19.2 Å². The number of carbonyl (C=O) groups excluding carboxylic acids is 1. The van der Waals surface area contributed by atoms with E-state index >= 15 is 0 Å². The number of halogens is 1. The zero-order valence-electron chi connectivity index (χ0n) is 13.2. The number of hydrogen-bond donors (Lipinski definition) is 3. The predicted octanol–water partition coefficient (Wildman–Crippen LogP) is 3.39. The Bertz CT molecular complexity index is 907. The second-order valence-corrected chi connectivity index (χ2v) is 6.47. The van der Waals surface area contributed by atoms with Crippen LogP contribution in [0.15, 0.2) is 24.3 Å². The molecule has 0 atom stereocenters. The summed E-state index contributed by atoms with van der Waals surface area (Å²) in [5.74, 6) is 0.266. The number of fused-ring (bicyclic) bond motifs is 1. The molecule has 8 heteroatoms. The van der Waals surface area contributed by atoms with Gasteiger partial charge in [0.25, 0.3) is 5.91 Å². The Hall–Kier alpha value is -2.38. The van der Waals surface area contributed by atoms with Crippen molar-refractivity contribution in [1.29, 1.82) is 0 Å². The molecule has 1 aromatic carbocycles. The maximum atomic E-state index is 12.0. The normalized spacial score (nSPS) is 10.8. The van der Waals surface area contributed by atoms with Crippen molar-refractivity contribution < 1.29 is 4.79 Å². The van der Waals surface area contributed by atoms with Gasteiger partial charge in [-0.3, -0.25) is 4.79 Å². The number of nitrogens with one attached hydrogen (secondary N) is 2. The SMILES string of the molecule is CCNc1nc(-c2ccc(Cl)cc2)c2c(N)c(C(=O)NC)sc2n1. The molecule has 2 aromatic heterocycles. The molecule has 0 fully saturated rings. The van der Waals surface area contributed by atoms with Crippen LogP contribution in [0.2, 0.25) is 5.02 Å². The van der Waals surface area contributed by atoms with Gasteiger partial charge >= 0.3 is 0 Å². The molecule has 0 spiro atoms.